The van der Waals surface area contributed by atoms with E-state index in [9.17, 15) is 0 Å². The highest BCUT2D eigenvalue weighted by molar-refractivity contribution is 6.20. The molecule has 0 bridgehead atoms. The fraction of sp³-hybridized carbons (Fsp3) is 0.636. The normalized spacial score (nSPS) is 15.1. The summed E-state index contributed by atoms with van der Waals surface area (Å²) in [5, 5.41) is 0.125. The molecule has 0 N–H and O–H groups in total. The maximum atomic E-state index is 6.11. The van der Waals surface area contributed by atoms with Crippen LogP contribution in [-0.4, -0.2) is 15.3 Å². The van der Waals surface area contributed by atoms with Crippen molar-refractivity contribution >= 4 is 11.6 Å². The van der Waals surface area contributed by atoms with E-state index in [2.05, 4.69) is 29.9 Å². The molecule has 0 aromatic carbocycles. The van der Waals surface area contributed by atoms with Crippen LogP contribution in [0.1, 0.15) is 44.5 Å². The van der Waals surface area contributed by atoms with E-state index in [0.717, 1.165) is 24.2 Å². The lowest BCUT2D eigenvalue weighted by molar-refractivity contribution is 0.626. The number of alkyl halides is 1. The van der Waals surface area contributed by atoms with Crippen LogP contribution in [0, 0.1) is 0 Å². The average Bonchev–Trinajstić information content (AvgIpc) is 2.19. The quantitative estimate of drug-likeness (QED) is 0.717. The summed E-state index contributed by atoms with van der Waals surface area (Å²) < 4.78 is 0. The fourth-order valence-electron chi connectivity index (χ4n) is 1.58. The standard InChI is InChI=1S/C11H17ClN2/c1-4-9-6-11(14-7-13-9)10(5-2)8(3)12/h6-8,10H,4-5H2,1-3H3. The number of hydrogen-bond donors (Lipinski definition) is 0. The van der Waals surface area contributed by atoms with Gasteiger partial charge >= 0.3 is 0 Å². The van der Waals surface area contributed by atoms with E-state index >= 15 is 0 Å². The summed E-state index contributed by atoms with van der Waals surface area (Å²) in [7, 11) is 0. The van der Waals surface area contributed by atoms with E-state index in [4.69, 9.17) is 11.6 Å². The van der Waals surface area contributed by atoms with E-state index in [0.29, 0.717) is 5.92 Å². The Morgan fingerprint density at radius 1 is 1.36 bits per heavy atom. The van der Waals surface area contributed by atoms with Gasteiger partial charge in [-0.2, -0.15) is 0 Å². The van der Waals surface area contributed by atoms with Crippen LogP contribution in [0.2, 0.25) is 0 Å². The van der Waals surface area contributed by atoms with Crippen LogP contribution in [0.15, 0.2) is 12.4 Å². The Balaban J connectivity index is 2.92. The lowest BCUT2D eigenvalue weighted by atomic mass is 9.98. The first kappa shape index (κ1) is 11.4. The van der Waals surface area contributed by atoms with Gasteiger partial charge in [-0.1, -0.05) is 13.8 Å². The van der Waals surface area contributed by atoms with Crippen molar-refractivity contribution in [2.24, 2.45) is 0 Å². The van der Waals surface area contributed by atoms with Crippen LogP contribution in [0.5, 0.6) is 0 Å². The number of aryl methyl sites for hydroxylation is 1. The molecule has 0 aliphatic rings. The molecule has 0 aliphatic carbocycles. The van der Waals surface area contributed by atoms with Gasteiger partial charge in [0.05, 0.1) is 0 Å². The zero-order chi connectivity index (χ0) is 10.6. The topological polar surface area (TPSA) is 25.8 Å². The zero-order valence-electron chi connectivity index (χ0n) is 9.00. The van der Waals surface area contributed by atoms with Crippen LogP contribution < -0.4 is 0 Å². The molecule has 2 unspecified atom stereocenters. The summed E-state index contributed by atoms with van der Waals surface area (Å²) in [5.41, 5.74) is 2.16. The first-order chi connectivity index (χ1) is 6.69. The molecule has 1 aromatic rings. The van der Waals surface area contributed by atoms with Gasteiger partial charge in [0.25, 0.3) is 0 Å². The molecule has 1 aromatic heterocycles. The first-order valence-corrected chi connectivity index (χ1v) is 5.57. The highest BCUT2D eigenvalue weighted by atomic mass is 35.5. The van der Waals surface area contributed by atoms with Crippen LogP contribution in [0.3, 0.4) is 0 Å². The van der Waals surface area contributed by atoms with Gasteiger partial charge in [-0.15, -0.1) is 11.6 Å². The highest BCUT2D eigenvalue weighted by Gasteiger charge is 2.16. The minimum Gasteiger partial charge on any atom is -0.241 e. The summed E-state index contributed by atoms with van der Waals surface area (Å²) in [6, 6.07) is 2.06. The molecule has 0 fully saturated rings. The average molecular weight is 213 g/mol. The molecule has 0 saturated heterocycles. The summed E-state index contributed by atoms with van der Waals surface area (Å²) in [6.07, 6.45) is 3.60. The molecule has 1 rings (SSSR count). The first-order valence-electron chi connectivity index (χ1n) is 5.13. The lowest BCUT2D eigenvalue weighted by Crippen LogP contribution is -2.11. The minimum absolute atomic E-state index is 0.125. The molecule has 2 atom stereocenters. The molecular weight excluding hydrogens is 196 g/mol. The van der Waals surface area contributed by atoms with Crippen LogP contribution in [0.25, 0.3) is 0 Å². The van der Waals surface area contributed by atoms with Crippen LogP contribution >= 0.6 is 11.6 Å². The van der Waals surface area contributed by atoms with Crippen LogP contribution in [0.4, 0.5) is 0 Å². The Bertz CT molecular complexity index is 286. The fourth-order valence-corrected chi connectivity index (χ4v) is 1.89. The molecule has 2 nitrogen and oxygen atoms in total. The van der Waals surface area contributed by atoms with Crippen molar-refractivity contribution in [2.75, 3.05) is 0 Å². The number of halogens is 1. The van der Waals surface area contributed by atoms with Gasteiger partial charge in [0, 0.05) is 22.7 Å². The van der Waals surface area contributed by atoms with Gasteiger partial charge < -0.3 is 0 Å². The monoisotopic (exact) mass is 212 g/mol. The summed E-state index contributed by atoms with van der Waals surface area (Å²) in [4.78, 5) is 8.46. The Morgan fingerprint density at radius 2 is 2.07 bits per heavy atom. The van der Waals surface area contributed by atoms with E-state index in [1.165, 1.54) is 0 Å². The largest absolute Gasteiger partial charge is 0.241 e. The maximum absolute atomic E-state index is 6.11. The van der Waals surface area contributed by atoms with Crippen molar-refractivity contribution in [3.8, 4) is 0 Å². The Kier molecular flexibility index (Phi) is 4.33. The molecule has 78 valence electrons. The third kappa shape index (κ3) is 2.68. The van der Waals surface area contributed by atoms with Gasteiger partial charge in [0.2, 0.25) is 0 Å². The van der Waals surface area contributed by atoms with E-state index in [-0.39, 0.29) is 5.38 Å². The molecule has 3 heteroatoms. The maximum Gasteiger partial charge on any atom is 0.115 e. The van der Waals surface area contributed by atoms with Gasteiger partial charge in [-0.25, -0.2) is 9.97 Å². The third-order valence-corrected chi connectivity index (χ3v) is 2.79. The molecular formula is C11H17ClN2. The van der Waals surface area contributed by atoms with E-state index < -0.39 is 0 Å². The van der Waals surface area contributed by atoms with Gasteiger partial charge in [0.15, 0.2) is 0 Å². The molecule has 0 amide bonds. The van der Waals surface area contributed by atoms with E-state index in [1.807, 2.05) is 6.92 Å². The van der Waals surface area contributed by atoms with Crippen molar-refractivity contribution < 1.29 is 0 Å². The van der Waals surface area contributed by atoms with Gasteiger partial charge in [-0.3, -0.25) is 0 Å². The zero-order valence-corrected chi connectivity index (χ0v) is 9.75. The van der Waals surface area contributed by atoms with Crippen molar-refractivity contribution in [1.82, 2.24) is 9.97 Å². The van der Waals surface area contributed by atoms with Crippen LogP contribution in [-0.2, 0) is 6.42 Å². The Labute approximate surface area is 90.7 Å². The molecule has 14 heavy (non-hydrogen) atoms. The molecule has 0 saturated carbocycles. The number of nitrogens with zero attached hydrogens (tertiary/aromatic N) is 2. The van der Waals surface area contributed by atoms with Crippen molar-refractivity contribution in [3.05, 3.63) is 23.8 Å². The van der Waals surface area contributed by atoms with Crippen molar-refractivity contribution in [2.45, 2.75) is 44.9 Å². The predicted octanol–water partition coefficient (Wildman–Crippen LogP) is 3.16. The second-order valence-electron chi connectivity index (χ2n) is 3.48. The number of rotatable bonds is 4. The molecule has 1 heterocycles. The van der Waals surface area contributed by atoms with Crippen molar-refractivity contribution in [1.29, 1.82) is 0 Å². The minimum atomic E-state index is 0.125. The lowest BCUT2D eigenvalue weighted by Gasteiger charge is -2.16. The predicted molar refractivity (Wildman–Crippen MR) is 59.8 cm³/mol. The second kappa shape index (κ2) is 5.30. The Morgan fingerprint density at radius 3 is 2.57 bits per heavy atom. The molecule has 0 radical (unpaired) electrons. The second-order valence-corrected chi connectivity index (χ2v) is 4.17. The highest BCUT2D eigenvalue weighted by Crippen LogP contribution is 2.25. The summed E-state index contributed by atoms with van der Waals surface area (Å²) >= 11 is 6.11. The summed E-state index contributed by atoms with van der Waals surface area (Å²) in [6.45, 7) is 6.25. The molecule has 0 aliphatic heterocycles. The third-order valence-electron chi connectivity index (χ3n) is 2.48. The number of hydrogen-bond acceptors (Lipinski definition) is 2. The van der Waals surface area contributed by atoms with Gasteiger partial charge in [-0.05, 0) is 25.8 Å². The SMILES string of the molecule is CCc1cc(C(CC)C(C)Cl)ncn1. The van der Waals surface area contributed by atoms with Gasteiger partial charge in [0.1, 0.15) is 6.33 Å². The van der Waals surface area contributed by atoms with E-state index in [1.54, 1.807) is 6.33 Å². The molecule has 0 spiro atoms. The smallest absolute Gasteiger partial charge is 0.115 e. The summed E-state index contributed by atoms with van der Waals surface area (Å²) in [5.74, 6) is 0.338. The van der Waals surface area contributed by atoms with Crippen molar-refractivity contribution in [3.63, 3.8) is 0 Å². The Hall–Kier alpha value is -0.630. The number of aromatic nitrogens is 2.